The number of aromatic nitrogens is 3. The molecule has 3 rings (SSSR count). The van der Waals surface area contributed by atoms with Gasteiger partial charge in [-0.1, -0.05) is 12.1 Å². The van der Waals surface area contributed by atoms with E-state index in [9.17, 15) is 9.18 Å². The van der Waals surface area contributed by atoms with Crippen LogP contribution in [0.1, 0.15) is 16.1 Å². The van der Waals surface area contributed by atoms with E-state index in [4.69, 9.17) is 0 Å². The fourth-order valence-electron chi connectivity index (χ4n) is 2.35. The van der Waals surface area contributed by atoms with Gasteiger partial charge in [-0.15, -0.1) is 0 Å². The molecule has 0 radical (unpaired) electrons. The Balaban J connectivity index is 1.60. The number of rotatable bonds is 6. The first-order chi connectivity index (χ1) is 12.6. The van der Waals surface area contributed by atoms with Gasteiger partial charge in [-0.25, -0.2) is 14.4 Å². The van der Waals surface area contributed by atoms with Gasteiger partial charge in [0.1, 0.15) is 17.3 Å². The summed E-state index contributed by atoms with van der Waals surface area (Å²) in [6.45, 7) is 0.749. The lowest BCUT2D eigenvalue weighted by atomic mass is 10.2. The maximum atomic E-state index is 13.6. The number of carbonyl (C=O) groups excluding carboxylic acids is 1. The number of benzene rings is 1. The second-order valence-electron chi connectivity index (χ2n) is 5.72. The van der Waals surface area contributed by atoms with E-state index in [0.29, 0.717) is 5.82 Å². The Kier molecular flexibility index (Phi) is 5.48. The molecule has 1 amide bonds. The van der Waals surface area contributed by atoms with Crippen molar-refractivity contribution in [3.8, 4) is 0 Å². The number of anilines is 2. The Morgan fingerprint density at radius 1 is 1.12 bits per heavy atom. The number of halogens is 1. The Labute approximate surface area is 150 Å². The molecule has 0 aliphatic carbocycles. The molecule has 0 fully saturated rings. The van der Waals surface area contributed by atoms with Gasteiger partial charge < -0.3 is 10.2 Å². The Morgan fingerprint density at radius 2 is 1.88 bits per heavy atom. The average molecular weight is 351 g/mol. The molecule has 0 aliphatic rings. The molecule has 0 unspecified atom stereocenters. The molecule has 6 nitrogen and oxygen atoms in total. The summed E-state index contributed by atoms with van der Waals surface area (Å²) in [6, 6.07) is 9.90. The van der Waals surface area contributed by atoms with Crippen LogP contribution in [0.15, 0.2) is 61.2 Å². The van der Waals surface area contributed by atoms with E-state index in [0.717, 1.165) is 13.0 Å². The van der Waals surface area contributed by atoms with Crippen molar-refractivity contribution in [3.63, 3.8) is 0 Å². The van der Waals surface area contributed by atoms with Gasteiger partial charge in [-0.3, -0.25) is 9.78 Å². The van der Waals surface area contributed by atoms with Gasteiger partial charge in [0.05, 0.1) is 18.1 Å². The summed E-state index contributed by atoms with van der Waals surface area (Å²) in [4.78, 5) is 26.5. The number of hydrogen-bond donors (Lipinski definition) is 1. The fourth-order valence-corrected chi connectivity index (χ4v) is 2.35. The molecule has 2 aromatic heterocycles. The van der Waals surface area contributed by atoms with Crippen molar-refractivity contribution in [2.24, 2.45) is 0 Å². The van der Waals surface area contributed by atoms with Crippen LogP contribution in [0.25, 0.3) is 0 Å². The van der Waals surface area contributed by atoms with Crippen molar-refractivity contribution < 1.29 is 9.18 Å². The van der Waals surface area contributed by atoms with E-state index in [2.05, 4.69) is 20.3 Å². The van der Waals surface area contributed by atoms with Crippen molar-refractivity contribution in [3.05, 3.63) is 78.3 Å². The highest BCUT2D eigenvalue weighted by atomic mass is 19.1. The van der Waals surface area contributed by atoms with Crippen LogP contribution in [0, 0.1) is 5.82 Å². The van der Waals surface area contributed by atoms with Crippen LogP contribution in [-0.4, -0.2) is 34.5 Å². The van der Waals surface area contributed by atoms with E-state index in [1.807, 2.05) is 24.1 Å². The van der Waals surface area contributed by atoms with Crippen LogP contribution in [0.5, 0.6) is 0 Å². The van der Waals surface area contributed by atoms with E-state index in [1.165, 1.54) is 30.1 Å². The smallest absolute Gasteiger partial charge is 0.275 e. The number of amides is 1. The van der Waals surface area contributed by atoms with Gasteiger partial charge in [0.25, 0.3) is 5.91 Å². The molecule has 3 aromatic rings. The second kappa shape index (κ2) is 8.15. The van der Waals surface area contributed by atoms with Crippen LogP contribution in [0.3, 0.4) is 0 Å². The van der Waals surface area contributed by atoms with Crippen LogP contribution >= 0.6 is 0 Å². The SMILES string of the molecule is CN(CCc1ccncc1)c1cnc(C(=O)Nc2ccccc2F)cn1. The molecule has 2 heterocycles. The minimum atomic E-state index is -0.506. The molecular formula is C19H18FN5O. The molecule has 1 aromatic carbocycles. The first-order valence-electron chi connectivity index (χ1n) is 8.11. The predicted molar refractivity (Wildman–Crippen MR) is 97.6 cm³/mol. The lowest BCUT2D eigenvalue weighted by molar-refractivity contribution is 0.102. The van der Waals surface area contributed by atoms with Crippen molar-refractivity contribution in [1.29, 1.82) is 0 Å². The van der Waals surface area contributed by atoms with E-state index in [1.54, 1.807) is 24.5 Å². The van der Waals surface area contributed by atoms with Gasteiger partial charge in [0.15, 0.2) is 0 Å². The monoisotopic (exact) mass is 351 g/mol. The summed E-state index contributed by atoms with van der Waals surface area (Å²) in [5, 5.41) is 2.49. The molecule has 0 saturated carbocycles. The van der Waals surface area contributed by atoms with Gasteiger partial charge in [-0.05, 0) is 36.2 Å². The Bertz CT molecular complexity index is 871. The van der Waals surface area contributed by atoms with E-state index >= 15 is 0 Å². The predicted octanol–water partition coefficient (Wildman–Crippen LogP) is 2.94. The topological polar surface area (TPSA) is 71.0 Å². The summed E-state index contributed by atoms with van der Waals surface area (Å²) in [7, 11) is 1.91. The van der Waals surface area contributed by atoms with Gasteiger partial charge in [-0.2, -0.15) is 0 Å². The van der Waals surface area contributed by atoms with Crippen LogP contribution in [0.2, 0.25) is 0 Å². The molecule has 0 spiro atoms. The highest BCUT2D eigenvalue weighted by Gasteiger charge is 2.12. The minimum absolute atomic E-state index is 0.109. The number of para-hydroxylation sites is 1. The highest BCUT2D eigenvalue weighted by Crippen LogP contribution is 2.14. The number of carbonyl (C=O) groups is 1. The minimum Gasteiger partial charge on any atom is -0.358 e. The highest BCUT2D eigenvalue weighted by molar-refractivity contribution is 6.02. The summed E-state index contributed by atoms with van der Waals surface area (Å²) < 4.78 is 13.6. The number of nitrogens with one attached hydrogen (secondary N) is 1. The maximum absolute atomic E-state index is 13.6. The van der Waals surface area contributed by atoms with Crippen molar-refractivity contribution in [2.75, 3.05) is 23.8 Å². The van der Waals surface area contributed by atoms with Crippen LogP contribution in [-0.2, 0) is 6.42 Å². The standard InChI is InChI=1S/C19H18FN5O/c1-25(11-8-14-6-9-21-10-7-14)18-13-22-17(12-23-18)19(26)24-16-5-3-2-4-15(16)20/h2-7,9-10,12-13H,8,11H2,1H3,(H,24,26). The summed E-state index contributed by atoms with van der Waals surface area (Å²) in [5.74, 6) is -0.351. The third-order valence-corrected chi connectivity index (χ3v) is 3.87. The van der Waals surface area contributed by atoms with E-state index < -0.39 is 11.7 Å². The third-order valence-electron chi connectivity index (χ3n) is 3.87. The van der Waals surface area contributed by atoms with Gasteiger partial charge >= 0.3 is 0 Å². The normalized spacial score (nSPS) is 10.4. The molecule has 0 bridgehead atoms. The lowest BCUT2D eigenvalue weighted by Gasteiger charge is -2.17. The van der Waals surface area contributed by atoms with Crippen LogP contribution < -0.4 is 10.2 Å². The fraction of sp³-hybridized carbons (Fsp3) is 0.158. The third kappa shape index (κ3) is 4.38. The molecule has 7 heteroatoms. The summed E-state index contributed by atoms with van der Waals surface area (Å²) >= 11 is 0. The first kappa shape index (κ1) is 17.5. The van der Waals surface area contributed by atoms with Gasteiger partial charge in [0.2, 0.25) is 0 Å². The van der Waals surface area contributed by atoms with Crippen molar-refractivity contribution in [1.82, 2.24) is 15.0 Å². The number of nitrogens with zero attached hydrogens (tertiary/aromatic N) is 4. The average Bonchev–Trinajstić information content (AvgIpc) is 2.69. The van der Waals surface area contributed by atoms with Crippen LogP contribution in [0.4, 0.5) is 15.9 Å². The molecule has 0 saturated heterocycles. The second-order valence-corrected chi connectivity index (χ2v) is 5.72. The van der Waals surface area contributed by atoms with Crippen molar-refractivity contribution in [2.45, 2.75) is 6.42 Å². The lowest BCUT2D eigenvalue weighted by Crippen LogP contribution is -2.22. The first-order valence-corrected chi connectivity index (χ1v) is 8.11. The number of hydrogen-bond acceptors (Lipinski definition) is 5. The molecular weight excluding hydrogens is 333 g/mol. The maximum Gasteiger partial charge on any atom is 0.275 e. The molecule has 132 valence electrons. The quantitative estimate of drug-likeness (QED) is 0.739. The molecule has 26 heavy (non-hydrogen) atoms. The Hall–Kier alpha value is -3.35. The zero-order valence-electron chi connectivity index (χ0n) is 14.3. The van der Waals surface area contributed by atoms with Crippen molar-refractivity contribution >= 4 is 17.4 Å². The Morgan fingerprint density at radius 3 is 2.58 bits per heavy atom. The summed E-state index contributed by atoms with van der Waals surface area (Å²) in [5.41, 5.74) is 1.41. The number of pyridine rings is 1. The zero-order chi connectivity index (χ0) is 18.4. The molecule has 0 aliphatic heterocycles. The molecule has 1 N–H and O–H groups in total. The largest absolute Gasteiger partial charge is 0.358 e. The zero-order valence-corrected chi connectivity index (χ0v) is 14.3. The number of likely N-dealkylation sites (N-methyl/N-ethyl adjacent to an activating group) is 1. The van der Waals surface area contributed by atoms with Gasteiger partial charge in [0, 0.05) is 26.0 Å². The summed E-state index contributed by atoms with van der Waals surface area (Å²) in [6.07, 6.45) is 7.28. The molecule has 0 atom stereocenters. The van der Waals surface area contributed by atoms with E-state index in [-0.39, 0.29) is 11.4 Å².